The molecule has 0 aliphatic carbocycles. The van der Waals surface area contributed by atoms with Crippen LogP contribution in [0.15, 0.2) is 30.3 Å². The van der Waals surface area contributed by atoms with Gasteiger partial charge in [-0.05, 0) is 35.9 Å². The zero-order valence-corrected chi connectivity index (χ0v) is 17.2. The summed E-state index contributed by atoms with van der Waals surface area (Å²) >= 11 is 6.27. The third kappa shape index (κ3) is 4.83. The van der Waals surface area contributed by atoms with Gasteiger partial charge in [-0.2, -0.15) is 0 Å². The Morgan fingerprint density at radius 3 is 2.50 bits per heavy atom. The van der Waals surface area contributed by atoms with Crippen LogP contribution in [0.25, 0.3) is 0 Å². The molecule has 8 nitrogen and oxygen atoms in total. The second-order valence-electron chi connectivity index (χ2n) is 6.42. The van der Waals surface area contributed by atoms with Crippen molar-refractivity contribution in [2.75, 3.05) is 32.8 Å². The highest BCUT2D eigenvalue weighted by Gasteiger charge is 2.20. The second kappa shape index (κ2) is 9.49. The number of carbonyl (C=O) groups excluding carboxylic acids is 3. The summed E-state index contributed by atoms with van der Waals surface area (Å²) in [4.78, 5) is 36.5. The third-order valence-electron chi connectivity index (χ3n) is 4.35. The molecule has 0 fully saturated rings. The van der Waals surface area contributed by atoms with E-state index in [1.807, 2.05) is 0 Å². The lowest BCUT2D eigenvalue weighted by atomic mass is 10.1. The van der Waals surface area contributed by atoms with Gasteiger partial charge in [0, 0.05) is 6.42 Å². The number of fused-ring (bicyclic) bond motifs is 1. The first kappa shape index (κ1) is 21.4. The highest BCUT2D eigenvalue weighted by atomic mass is 35.5. The van der Waals surface area contributed by atoms with E-state index in [0.717, 1.165) is 6.42 Å². The predicted octanol–water partition coefficient (Wildman–Crippen LogP) is 3.26. The molecule has 1 heterocycles. The number of carbonyl (C=O) groups is 3. The molecule has 2 aromatic carbocycles. The lowest BCUT2D eigenvalue weighted by Gasteiger charge is -2.13. The van der Waals surface area contributed by atoms with Crippen LogP contribution in [0.4, 0.5) is 5.69 Å². The molecule has 3 rings (SSSR count). The van der Waals surface area contributed by atoms with Crippen LogP contribution in [0.1, 0.15) is 32.7 Å². The van der Waals surface area contributed by atoms with E-state index in [4.69, 9.17) is 25.8 Å². The monoisotopic (exact) mass is 433 g/mol. The Balaban J connectivity index is 1.83. The molecule has 2 aromatic rings. The Bertz CT molecular complexity index is 990. The lowest BCUT2D eigenvalue weighted by molar-refractivity contribution is -0.115. The van der Waals surface area contributed by atoms with E-state index in [1.54, 1.807) is 12.1 Å². The summed E-state index contributed by atoms with van der Waals surface area (Å²) in [5, 5.41) is 2.99. The number of hydrogen-bond donors (Lipinski definition) is 1. The number of hydrogen-bond acceptors (Lipinski definition) is 7. The molecule has 0 saturated heterocycles. The first-order chi connectivity index (χ1) is 14.4. The lowest BCUT2D eigenvalue weighted by Crippen LogP contribution is -2.18. The van der Waals surface area contributed by atoms with Crippen LogP contribution in [0.2, 0.25) is 5.02 Å². The number of anilines is 1. The molecule has 158 valence electrons. The average molecular weight is 434 g/mol. The molecule has 0 radical (unpaired) electrons. The fourth-order valence-electron chi connectivity index (χ4n) is 2.95. The average Bonchev–Trinajstić information content (AvgIpc) is 2.98. The van der Waals surface area contributed by atoms with E-state index in [1.165, 1.54) is 32.4 Å². The van der Waals surface area contributed by atoms with E-state index >= 15 is 0 Å². The Kier molecular flexibility index (Phi) is 6.79. The maximum atomic E-state index is 12.6. The molecule has 0 unspecified atom stereocenters. The Hall–Kier alpha value is -3.26. The number of halogens is 1. The van der Waals surface area contributed by atoms with Crippen LogP contribution >= 0.6 is 11.6 Å². The molecular weight excluding hydrogens is 414 g/mol. The number of rotatable bonds is 5. The topological polar surface area (TPSA) is 100 Å². The van der Waals surface area contributed by atoms with Gasteiger partial charge in [0.15, 0.2) is 11.5 Å². The molecule has 0 spiro atoms. The van der Waals surface area contributed by atoms with E-state index in [-0.39, 0.29) is 23.2 Å². The van der Waals surface area contributed by atoms with Crippen LogP contribution in [0.5, 0.6) is 11.5 Å². The smallest absolute Gasteiger partial charge is 0.339 e. The van der Waals surface area contributed by atoms with Crippen molar-refractivity contribution < 1.29 is 33.3 Å². The van der Waals surface area contributed by atoms with Gasteiger partial charge in [-0.1, -0.05) is 11.6 Å². The molecule has 9 heteroatoms. The van der Waals surface area contributed by atoms with Crippen LogP contribution in [0, 0.1) is 0 Å². The maximum absolute atomic E-state index is 12.6. The van der Waals surface area contributed by atoms with Gasteiger partial charge in [0.25, 0.3) is 0 Å². The fourth-order valence-corrected chi connectivity index (χ4v) is 3.23. The largest absolute Gasteiger partial charge is 0.489 e. The summed E-state index contributed by atoms with van der Waals surface area (Å²) in [5.41, 5.74) is 1.02. The molecule has 1 N–H and O–H groups in total. The van der Waals surface area contributed by atoms with Gasteiger partial charge >= 0.3 is 11.9 Å². The highest BCUT2D eigenvalue weighted by Crippen LogP contribution is 2.38. The SMILES string of the molecule is COC(=O)c1ccc(C(=O)OC)c(NC(=O)Cc2cc(Cl)c3c(c2)OCCCO3)c1. The highest BCUT2D eigenvalue weighted by molar-refractivity contribution is 6.32. The van der Waals surface area contributed by atoms with Crippen molar-refractivity contribution in [3.8, 4) is 11.5 Å². The van der Waals surface area contributed by atoms with Crippen molar-refractivity contribution in [1.82, 2.24) is 0 Å². The van der Waals surface area contributed by atoms with Gasteiger partial charge in [0.1, 0.15) is 0 Å². The van der Waals surface area contributed by atoms with Gasteiger partial charge in [0.05, 0.1) is 55.7 Å². The normalized spacial score (nSPS) is 12.5. The Labute approximate surface area is 178 Å². The molecule has 1 aliphatic rings. The molecule has 30 heavy (non-hydrogen) atoms. The second-order valence-corrected chi connectivity index (χ2v) is 6.83. The van der Waals surface area contributed by atoms with E-state index in [2.05, 4.69) is 10.1 Å². The molecule has 0 bridgehead atoms. The van der Waals surface area contributed by atoms with Crippen LogP contribution < -0.4 is 14.8 Å². The predicted molar refractivity (Wildman–Crippen MR) is 109 cm³/mol. The van der Waals surface area contributed by atoms with Crippen LogP contribution in [-0.2, 0) is 20.7 Å². The van der Waals surface area contributed by atoms with Gasteiger partial charge < -0.3 is 24.3 Å². The number of ether oxygens (including phenoxy) is 4. The van der Waals surface area contributed by atoms with Gasteiger partial charge in [-0.3, -0.25) is 4.79 Å². The minimum absolute atomic E-state index is 0.0422. The summed E-state index contributed by atoms with van der Waals surface area (Å²) in [6.07, 6.45) is 0.688. The van der Waals surface area contributed by atoms with Gasteiger partial charge in [0.2, 0.25) is 5.91 Å². The van der Waals surface area contributed by atoms with Crippen molar-refractivity contribution in [3.63, 3.8) is 0 Å². The van der Waals surface area contributed by atoms with Crippen molar-refractivity contribution in [3.05, 3.63) is 52.0 Å². The van der Waals surface area contributed by atoms with Crippen LogP contribution in [-0.4, -0.2) is 45.3 Å². The number of benzene rings is 2. The first-order valence-electron chi connectivity index (χ1n) is 9.11. The summed E-state index contributed by atoms with van der Waals surface area (Å²) in [5.74, 6) is -0.743. The third-order valence-corrected chi connectivity index (χ3v) is 4.63. The summed E-state index contributed by atoms with van der Waals surface area (Å²) in [6, 6.07) is 7.48. The number of esters is 2. The molecule has 0 aromatic heterocycles. The summed E-state index contributed by atoms with van der Waals surface area (Å²) in [7, 11) is 2.46. The van der Waals surface area contributed by atoms with E-state index in [0.29, 0.717) is 35.3 Å². The number of methoxy groups -OCH3 is 2. The van der Waals surface area contributed by atoms with Crippen molar-refractivity contribution in [2.24, 2.45) is 0 Å². The minimum atomic E-state index is -0.652. The Morgan fingerprint density at radius 1 is 1.03 bits per heavy atom. The van der Waals surface area contributed by atoms with Crippen LogP contribution in [0.3, 0.4) is 0 Å². The number of nitrogens with one attached hydrogen (secondary N) is 1. The van der Waals surface area contributed by atoms with Crippen molar-refractivity contribution in [1.29, 1.82) is 0 Å². The zero-order valence-electron chi connectivity index (χ0n) is 16.5. The molecule has 0 atom stereocenters. The van der Waals surface area contributed by atoms with Crippen molar-refractivity contribution in [2.45, 2.75) is 12.8 Å². The molecule has 0 saturated carbocycles. The fraction of sp³-hybridized carbons (Fsp3) is 0.286. The van der Waals surface area contributed by atoms with Gasteiger partial charge in [-0.15, -0.1) is 0 Å². The minimum Gasteiger partial charge on any atom is -0.489 e. The first-order valence-corrected chi connectivity index (χ1v) is 9.49. The zero-order chi connectivity index (χ0) is 21.7. The number of amides is 1. The molecule has 1 aliphatic heterocycles. The molecular formula is C21H20ClNO7. The summed E-state index contributed by atoms with van der Waals surface area (Å²) < 4.78 is 20.6. The summed E-state index contributed by atoms with van der Waals surface area (Å²) in [6.45, 7) is 0.987. The standard InChI is InChI=1S/C21H20ClNO7/c1-27-20(25)13-4-5-14(21(26)28-2)16(11-13)23-18(24)10-12-8-15(22)19-17(9-12)29-6-3-7-30-19/h4-5,8-9,11H,3,6-7,10H2,1-2H3,(H,23,24). The quantitative estimate of drug-likeness (QED) is 0.722. The van der Waals surface area contributed by atoms with Gasteiger partial charge in [-0.25, -0.2) is 9.59 Å². The van der Waals surface area contributed by atoms with Crippen molar-refractivity contribution >= 4 is 35.1 Å². The molecule has 1 amide bonds. The Morgan fingerprint density at radius 2 is 1.77 bits per heavy atom. The van der Waals surface area contributed by atoms with E-state index < -0.39 is 17.8 Å². The maximum Gasteiger partial charge on any atom is 0.339 e. The van der Waals surface area contributed by atoms with E-state index in [9.17, 15) is 14.4 Å².